The number of nitrogens with zero attached hydrogens (tertiary/aromatic N) is 2. The number of aromatic nitrogens is 2. The second-order valence-corrected chi connectivity index (χ2v) is 9.66. The third kappa shape index (κ3) is 3.31. The summed E-state index contributed by atoms with van der Waals surface area (Å²) in [6.07, 6.45) is 1.63. The Bertz CT molecular complexity index is 1520. The lowest BCUT2D eigenvalue weighted by Gasteiger charge is -2.15. The van der Waals surface area contributed by atoms with Crippen molar-refractivity contribution < 1.29 is 8.42 Å². The van der Waals surface area contributed by atoms with Crippen molar-refractivity contribution in [2.75, 3.05) is 0 Å². The minimum atomic E-state index is -3.76. The number of hydrogen-bond acceptors (Lipinski definition) is 3. The van der Waals surface area contributed by atoms with Crippen molar-refractivity contribution in [3.05, 3.63) is 108 Å². The summed E-state index contributed by atoms with van der Waals surface area (Å²) in [6.45, 7) is 3.80. The average molecular weight is 439 g/mol. The predicted octanol–water partition coefficient (Wildman–Crippen LogP) is 6.22. The van der Waals surface area contributed by atoms with Crippen LogP contribution in [0.15, 0.2) is 102 Å². The molecule has 32 heavy (non-hydrogen) atoms. The maximum absolute atomic E-state index is 13.5. The van der Waals surface area contributed by atoms with Crippen LogP contribution in [0.2, 0.25) is 0 Å². The molecular formula is C27H22N2O2S. The molecule has 5 rings (SSSR count). The molecule has 0 atom stereocenters. The van der Waals surface area contributed by atoms with Gasteiger partial charge in [0.1, 0.15) is 0 Å². The fourth-order valence-corrected chi connectivity index (χ4v) is 5.50. The van der Waals surface area contributed by atoms with Crippen molar-refractivity contribution >= 4 is 20.9 Å². The zero-order chi connectivity index (χ0) is 22.3. The van der Waals surface area contributed by atoms with Crippen LogP contribution in [0.1, 0.15) is 11.3 Å². The molecule has 158 valence electrons. The lowest BCUT2D eigenvalue weighted by molar-refractivity contribution is 0.589. The lowest BCUT2D eigenvalue weighted by Crippen LogP contribution is -2.13. The van der Waals surface area contributed by atoms with E-state index in [1.54, 1.807) is 18.3 Å². The van der Waals surface area contributed by atoms with Crippen LogP contribution in [0.5, 0.6) is 0 Å². The zero-order valence-electron chi connectivity index (χ0n) is 17.9. The highest BCUT2D eigenvalue weighted by Gasteiger charge is 2.24. The number of rotatable bonds is 4. The minimum absolute atomic E-state index is 0.258. The van der Waals surface area contributed by atoms with Crippen LogP contribution in [0.4, 0.5) is 0 Å². The molecule has 0 spiro atoms. The first-order valence-corrected chi connectivity index (χ1v) is 11.9. The molecule has 0 radical (unpaired) electrons. The Labute approximate surface area is 187 Å². The van der Waals surface area contributed by atoms with Gasteiger partial charge in [-0.3, -0.25) is 4.98 Å². The molecular weight excluding hydrogens is 416 g/mol. The van der Waals surface area contributed by atoms with E-state index >= 15 is 0 Å². The van der Waals surface area contributed by atoms with Crippen molar-refractivity contribution in [1.82, 2.24) is 8.96 Å². The Morgan fingerprint density at radius 2 is 1.31 bits per heavy atom. The highest BCUT2D eigenvalue weighted by atomic mass is 32.2. The number of pyridine rings is 1. The number of fused-ring (bicyclic) bond motifs is 1. The molecule has 4 nitrogen and oxygen atoms in total. The van der Waals surface area contributed by atoms with Crippen molar-refractivity contribution in [2.45, 2.75) is 18.7 Å². The molecule has 0 aliphatic heterocycles. The van der Waals surface area contributed by atoms with Crippen LogP contribution in [-0.2, 0) is 10.0 Å². The summed E-state index contributed by atoms with van der Waals surface area (Å²) in [6, 6.07) is 28.8. The summed E-state index contributed by atoms with van der Waals surface area (Å²) < 4.78 is 28.4. The van der Waals surface area contributed by atoms with Gasteiger partial charge >= 0.3 is 0 Å². The van der Waals surface area contributed by atoms with E-state index in [4.69, 9.17) is 4.98 Å². The molecule has 0 amide bonds. The first-order valence-electron chi connectivity index (χ1n) is 10.4. The molecule has 5 heteroatoms. The number of aryl methyl sites for hydroxylation is 2. The molecule has 0 bridgehead atoms. The van der Waals surface area contributed by atoms with Crippen LogP contribution >= 0.6 is 0 Å². The van der Waals surface area contributed by atoms with E-state index in [1.807, 2.05) is 92.7 Å². The maximum atomic E-state index is 13.5. The summed E-state index contributed by atoms with van der Waals surface area (Å²) >= 11 is 0. The lowest BCUT2D eigenvalue weighted by atomic mass is 9.95. The standard InChI is InChI=1S/C27H22N2O2S/c1-19-13-15-23(16-14-19)32(30,31)29-18-17-24-25(21-9-5-3-6-10-21)26(28-20(2)27(24)29)22-11-7-4-8-12-22/h3-18H,1-2H3. The van der Waals surface area contributed by atoms with Crippen LogP contribution in [-0.4, -0.2) is 17.4 Å². The number of benzene rings is 3. The largest absolute Gasteiger partial charge is 0.268 e. The van der Waals surface area contributed by atoms with E-state index < -0.39 is 10.0 Å². The molecule has 0 saturated carbocycles. The summed E-state index contributed by atoms with van der Waals surface area (Å²) in [5.41, 5.74) is 6.03. The molecule has 2 aromatic heterocycles. The van der Waals surface area contributed by atoms with Gasteiger partial charge in [0.05, 0.1) is 21.8 Å². The van der Waals surface area contributed by atoms with E-state index in [-0.39, 0.29) is 4.90 Å². The van der Waals surface area contributed by atoms with Gasteiger partial charge in [-0.15, -0.1) is 0 Å². The molecule has 0 aliphatic carbocycles. The summed E-state index contributed by atoms with van der Waals surface area (Å²) in [5, 5.41) is 0.859. The van der Waals surface area contributed by atoms with E-state index in [9.17, 15) is 8.42 Å². The van der Waals surface area contributed by atoms with Crippen LogP contribution < -0.4 is 0 Å². The van der Waals surface area contributed by atoms with E-state index in [0.29, 0.717) is 11.2 Å². The van der Waals surface area contributed by atoms with Gasteiger partial charge in [0.25, 0.3) is 10.0 Å². The second-order valence-electron chi connectivity index (χ2n) is 7.84. The monoisotopic (exact) mass is 438 g/mol. The third-order valence-corrected chi connectivity index (χ3v) is 7.36. The first kappa shape index (κ1) is 20.2. The molecule has 3 aromatic carbocycles. The predicted molar refractivity (Wildman–Crippen MR) is 129 cm³/mol. The second kappa shape index (κ2) is 7.77. The molecule has 2 heterocycles. The van der Waals surface area contributed by atoms with Gasteiger partial charge in [0.2, 0.25) is 0 Å². The highest BCUT2D eigenvalue weighted by Crippen LogP contribution is 2.39. The molecule has 5 aromatic rings. The summed E-state index contributed by atoms with van der Waals surface area (Å²) in [4.78, 5) is 5.17. The van der Waals surface area contributed by atoms with Gasteiger partial charge in [-0.25, -0.2) is 12.4 Å². The SMILES string of the molecule is Cc1ccc(S(=O)(=O)n2ccc3c(-c4ccccc4)c(-c4ccccc4)nc(C)c32)cc1. The molecule has 0 fully saturated rings. The highest BCUT2D eigenvalue weighted by molar-refractivity contribution is 7.90. The van der Waals surface area contributed by atoms with Crippen molar-refractivity contribution in [3.8, 4) is 22.4 Å². The topological polar surface area (TPSA) is 52.0 Å². The van der Waals surface area contributed by atoms with E-state index in [2.05, 4.69) is 0 Å². The van der Waals surface area contributed by atoms with E-state index in [1.165, 1.54) is 3.97 Å². The van der Waals surface area contributed by atoms with Gasteiger partial charge in [-0.1, -0.05) is 78.4 Å². The Hall–Kier alpha value is -3.70. The molecule has 0 saturated heterocycles. The van der Waals surface area contributed by atoms with E-state index in [0.717, 1.165) is 33.3 Å². The quantitative estimate of drug-likeness (QED) is 0.334. The van der Waals surface area contributed by atoms with Crippen molar-refractivity contribution in [2.24, 2.45) is 0 Å². The van der Waals surface area contributed by atoms with Crippen LogP contribution in [0, 0.1) is 13.8 Å². The Balaban J connectivity index is 1.83. The van der Waals surface area contributed by atoms with Crippen LogP contribution in [0.25, 0.3) is 33.3 Å². The smallest absolute Gasteiger partial charge is 0.250 e. The Morgan fingerprint density at radius 3 is 1.94 bits per heavy atom. The fraction of sp³-hybridized carbons (Fsp3) is 0.0741. The third-order valence-electron chi connectivity index (χ3n) is 5.67. The van der Waals surface area contributed by atoms with Crippen LogP contribution in [0.3, 0.4) is 0 Å². The normalized spacial score (nSPS) is 11.7. The van der Waals surface area contributed by atoms with Gasteiger partial charge < -0.3 is 0 Å². The molecule has 0 N–H and O–H groups in total. The van der Waals surface area contributed by atoms with Gasteiger partial charge in [-0.05, 0) is 37.6 Å². The minimum Gasteiger partial charge on any atom is -0.250 e. The van der Waals surface area contributed by atoms with Gasteiger partial charge in [0, 0.05) is 22.7 Å². The fourth-order valence-electron chi connectivity index (χ4n) is 4.10. The van der Waals surface area contributed by atoms with Crippen molar-refractivity contribution in [1.29, 1.82) is 0 Å². The maximum Gasteiger partial charge on any atom is 0.268 e. The molecule has 0 aliphatic rings. The first-order chi connectivity index (χ1) is 15.5. The average Bonchev–Trinajstić information content (AvgIpc) is 3.27. The zero-order valence-corrected chi connectivity index (χ0v) is 18.7. The summed E-state index contributed by atoms with van der Waals surface area (Å²) in [7, 11) is -3.76. The number of hydrogen-bond donors (Lipinski definition) is 0. The summed E-state index contributed by atoms with van der Waals surface area (Å²) in [5.74, 6) is 0. The Morgan fingerprint density at radius 1 is 0.719 bits per heavy atom. The van der Waals surface area contributed by atoms with Gasteiger partial charge in [0.15, 0.2) is 0 Å². The molecule has 0 unspecified atom stereocenters. The van der Waals surface area contributed by atoms with Gasteiger partial charge in [-0.2, -0.15) is 0 Å². The Kier molecular flexibility index (Phi) is 4.91. The van der Waals surface area contributed by atoms with Crippen molar-refractivity contribution in [3.63, 3.8) is 0 Å².